The van der Waals surface area contributed by atoms with Gasteiger partial charge in [-0.05, 0) is 29.8 Å². The molecule has 178 valence electrons. The first-order valence-electron chi connectivity index (χ1n) is 11.4. The number of hydrogen-bond acceptors (Lipinski definition) is 5. The van der Waals surface area contributed by atoms with Crippen molar-refractivity contribution in [3.8, 4) is 11.3 Å². The van der Waals surface area contributed by atoms with Crippen molar-refractivity contribution < 1.29 is 9.59 Å². The van der Waals surface area contributed by atoms with Crippen molar-refractivity contribution in [3.63, 3.8) is 0 Å². The summed E-state index contributed by atoms with van der Waals surface area (Å²) in [5, 5.41) is 5.67. The molecule has 0 atom stereocenters. The van der Waals surface area contributed by atoms with Crippen LogP contribution >= 0.6 is 11.3 Å². The molecular formula is C28H28N4O2S. The number of nitrogens with zero attached hydrogens (tertiary/aromatic N) is 3. The van der Waals surface area contributed by atoms with E-state index in [9.17, 15) is 9.59 Å². The topological polar surface area (TPSA) is 65.5 Å². The molecule has 0 aliphatic heterocycles. The predicted octanol–water partition coefficient (Wildman–Crippen LogP) is 5.09. The molecule has 7 heteroatoms. The minimum Gasteiger partial charge on any atom is -0.378 e. The number of amides is 2. The van der Waals surface area contributed by atoms with E-state index >= 15 is 0 Å². The maximum atomic E-state index is 13.2. The molecule has 1 N–H and O–H groups in total. The molecule has 4 rings (SSSR count). The second-order valence-corrected chi connectivity index (χ2v) is 9.34. The van der Waals surface area contributed by atoms with E-state index in [4.69, 9.17) is 4.98 Å². The molecule has 0 unspecified atom stereocenters. The maximum Gasteiger partial charge on any atom is 0.244 e. The van der Waals surface area contributed by atoms with Gasteiger partial charge in [-0.1, -0.05) is 60.7 Å². The first-order valence-corrected chi connectivity index (χ1v) is 12.2. The number of nitrogens with one attached hydrogen (secondary N) is 1. The van der Waals surface area contributed by atoms with Crippen LogP contribution in [0, 0.1) is 0 Å². The standard InChI is InChI=1S/C28H28N4O2S/c1-31(2)24-15-13-23(14-16-24)29-26(33)18-32(28(34)17-21-9-5-3-6-10-21)19-27-30-25(20-35-27)22-11-7-4-8-12-22/h3-16,20H,17-19H2,1-2H3,(H,29,33). The van der Waals surface area contributed by atoms with E-state index in [1.54, 1.807) is 4.90 Å². The van der Waals surface area contributed by atoms with Gasteiger partial charge < -0.3 is 15.1 Å². The van der Waals surface area contributed by atoms with Crippen molar-refractivity contribution in [1.29, 1.82) is 0 Å². The maximum absolute atomic E-state index is 13.2. The summed E-state index contributed by atoms with van der Waals surface area (Å²) in [4.78, 5) is 34.4. The smallest absolute Gasteiger partial charge is 0.244 e. The van der Waals surface area contributed by atoms with Gasteiger partial charge in [-0.3, -0.25) is 9.59 Å². The van der Waals surface area contributed by atoms with Crippen LogP contribution in [0.1, 0.15) is 10.6 Å². The third-order valence-electron chi connectivity index (χ3n) is 5.50. The monoisotopic (exact) mass is 484 g/mol. The molecule has 4 aromatic rings. The van der Waals surface area contributed by atoms with Gasteiger partial charge in [-0.15, -0.1) is 11.3 Å². The normalized spacial score (nSPS) is 10.6. The van der Waals surface area contributed by atoms with Gasteiger partial charge in [-0.25, -0.2) is 4.98 Å². The van der Waals surface area contributed by atoms with Crippen molar-refractivity contribution in [1.82, 2.24) is 9.88 Å². The summed E-state index contributed by atoms with van der Waals surface area (Å²) in [5.74, 6) is -0.366. The Kier molecular flexibility index (Phi) is 7.90. The zero-order valence-corrected chi connectivity index (χ0v) is 20.7. The van der Waals surface area contributed by atoms with Crippen LogP contribution in [-0.2, 0) is 22.6 Å². The number of carbonyl (C=O) groups excluding carboxylic acids is 2. The van der Waals surface area contributed by atoms with Crippen molar-refractivity contribution in [3.05, 3.63) is 101 Å². The van der Waals surface area contributed by atoms with Crippen molar-refractivity contribution in [2.75, 3.05) is 30.9 Å². The molecule has 0 bridgehead atoms. The van der Waals surface area contributed by atoms with E-state index in [1.807, 2.05) is 109 Å². The highest BCUT2D eigenvalue weighted by Gasteiger charge is 2.20. The zero-order chi connectivity index (χ0) is 24.6. The summed E-state index contributed by atoms with van der Waals surface area (Å²) in [5.41, 5.74) is 4.53. The summed E-state index contributed by atoms with van der Waals surface area (Å²) in [6.07, 6.45) is 0.225. The van der Waals surface area contributed by atoms with E-state index in [1.165, 1.54) is 11.3 Å². The average Bonchev–Trinajstić information content (AvgIpc) is 3.34. The molecule has 3 aromatic carbocycles. The number of thiazole rings is 1. The van der Waals surface area contributed by atoms with Gasteiger partial charge in [0.15, 0.2) is 0 Å². The molecule has 6 nitrogen and oxygen atoms in total. The molecule has 2 amide bonds. The first-order chi connectivity index (χ1) is 17.0. The molecule has 0 fully saturated rings. The summed E-state index contributed by atoms with van der Waals surface area (Å²) in [6.45, 7) is 0.220. The van der Waals surface area contributed by atoms with Crippen molar-refractivity contribution >= 4 is 34.5 Å². The van der Waals surface area contributed by atoms with E-state index in [0.29, 0.717) is 5.69 Å². The Morgan fingerprint density at radius 1 is 0.886 bits per heavy atom. The lowest BCUT2D eigenvalue weighted by Crippen LogP contribution is -2.38. The zero-order valence-electron chi connectivity index (χ0n) is 19.8. The second kappa shape index (κ2) is 11.4. The molecule has 0 radical (unpaired) electrons. The van der Waals surface area contributed by atoms with Crippen molar-refractivity contribution in [2.24, 2.45) is 0 Å². The SMILES string of the molecule is CN(C)c1ccc(NC(=O)CN(Cc2nc(-c3ccccc3)cs2)C(=O)Cc2ccccc2)cc1. The Balaban J connectivity index is 1.48. The minimum atomic E-state index is -0.246. The number of anilines is 2. The number of benzene rings is 3. The summed E-state index contributed by atoms with van der Waals surface area (Å²) >= 11 is 1.49. The second-order valence-electron chi connectivity index (χ2n) is 8.39. The van der Waals surface area contributed by atoms with Gasteiger partial charge in [0, 0.05) is 36.4 Å². The lowest BCUT2D eigenvalue weighted by Gasteiger charge is -2.21. The first kappa shape index (κ1) is 24.2. The van der Waals surface area contributed by atoms with Crippen LogP contribution in [0.25, 0.3) is 11.3 Å². The summed E-state index contributed by atoms with van der Waals surface area (Å²) in [7, 11) is 3.93. The lowest BCUT2D eigenvalue weighted by molar-refractivity contribution is -0.134. The molecule has 0 saturated carbocycles. The van der Waals surface area contributed by atoms with E-state index in [-0.39, 0.29) is 31.3 Å². The lowest BCUT2D eigenvalue weighted by atomic mass is 10.1. The number of carbonyl (C=O) groups is 2. The predicted molar refractivity (Wildman–Crippen MR) is 143 cm³/mol. The van der Waals surface area contributed by atoms with Gasteiger partial charge >= 0.3 is 0 Å². The number of rotatable bonds is 9. The Morgan fingerprint density at radius 3 is 2.20 bits per heavy atom. The van der Waals surface area contributed by atoms with Gasteiger partial charge in [-0.2, -0.15) is 0 Å². The largest absolute Gasteiger partial charge is 0.378 e. The number of hydrogen-bond donors (Lipinski definition) is 1. The Labute approximate surface area is 209 Å². The highest BCUT2D eigenvalue weighted by molar-refractivity contribution is 7.09. The van der Waals surface area contributed by atoms with Crippen LogP contribution in [0.3, 0.4) is 0 Å². The molecule has 0 aliphatic carbocycles. The molecule has 35 heavy (non-hydrogen) atoms. The summed E-state index contributed by atoms with van der Waals surface area (Å²) in [6, 6.07) is 27.1. The fourth-order valence-corrected chi connectivity index (χ4v) is 4.44. The van der Waals surface area contributed by atoms with Gasteiger partial charge in [0.1, 0.15) is 11.6 Å². The molecule has 1 heterocycles. The third kappa shape index (κ3) is 6.77. The van der Waals surface area contributed by atoms with Crippen LogP contribution in [-0.4, -0.2) is 42.3 Å². The highest BCUT2D eigenvalue weighted by Crippen LogP contribution is 2.23. The Morgan fingerprint density at radius 2 is 1.54 bits per heavy atom. The van der Waals surface area contributed by atoms with E-state index < -0.39 is 0 Å². The van der Waals surface area contributed by atoms with E-state index in [2.05, 4.69) is 5.32 Å². The molecule has 0 spiro atoms. The molecule has 0 aliphatic rings. The van der Waals surface area contributed by atoms with Gasteiger partial charge in [0.25, 0.3) is 0 Å². The van der Waals surface area contributed by atoms with Crippen LogP contribution in [0.5, 0.6) is 0 Å². The fourth-order valence-electron chi connectivity index (χ4n) is 3.62. The average molecular weight is 485 g/mol. The molecule has 1 aromatic heterocycles. The molecule has 0 saturated heterocycles. The van der Waals surface area contributed by atoms with Crippen molar-refractivity contribution in [2.45, 2.75) is 13.0 Å². The number of aromatic nitrogens is 1. The van der Waals surface area contributed by atoms with Crippen LogP contribution < -0.4 is 10.2 Å². The Hall–Kier alpha value is -3.97. The van der Waals surface area contributed by atoms with Crippen LogP contribution in [0.2, 0.25) is 0 Å². The highest BCUT2D eigenvalue weighted by atomic mass is 32.1. The minimum absolute atomic E-state index is 0.0542. The van der Waals surface area contributed by atoms with E-state index in [0.717, 1.165) is 27.5 Å². The molecular weight excluding hydrogens is 456 g/mol. The van der Waals surface area contributed by atoms with Crippen LogP contribution in [0.4, 0.5) is 11.4 Å². The third-order valence-corrected chi connectivity index (χ3v) is 6.33. The van der Waals surface area contributed by atoms with Gasteiger partial charge in [0.2, 0.25) is 11.8 Å². The van der Waals surface area contributed by atoms with Crippen LogP contribution in [0.15, 0.2) is 90.3 Å². The van der Waals surface area contributed by atoms with Gasteiger partial charge in [0.05, 0.1) is 18.7 Å². The fraction of sp³-hybridized carbons (Fsp3) is 0.179. The quantitative estimate of drug-likeness (QED) is 0.360. The Bertz CT molecular complexity index is 1260. The summed E-state index contributed by atoms with van der Waals surface area (Å²) < 4.78 is 0.